The first kappa shape index (κ1) is 16.4. The third-order valence-corrected chi connectivity index (χ3v) is 4.60. The second kappa shape index (κ2) is 6.70. The fourth-order valence-corrected chi connectivity index (χ4v) is 3.36. The average molecular weight is 354 g/mol. The normalized spacial score (nSPS) is 17.5. The molecule has 0 saturated carbocycles. The lowest BCUT2D eigenvalue weighted by atomic mass is 10.0. The molecule has 7 nitrogen and oxygen atoms in total. The highest BCUT2D eigenvalue weighted by atomic mass is 19.1. The molecule has 1 atom stereocenters. The van der Waals surface area contributed by atoms with E-state index >= 15 is 0 Å². The van der Waals surface area contributed by atoms with Gasteiger partial charge in [0.25, 0.3) is 5.91 Å². The van der Waals surface area contributed by atoms with Crippen LogP contribution in [0.2, 0.25) is 0 Å². The number of hydrogen-bond donors (Lipinski definition) is 1. The molecular weight excluding hydrogens is 335 g/mol. The summed E-state index contributed by atoms with van der Waals surface area (Å²) in [6.45, 7) is 1.48. The molecular formula is C18H19FN6O. The Morgan fingerprint density at radius 1 is 1.35 bits per heavy atom. The minimum atomic E-state index is -0.317. The van der Waals surface area contributed by atoms with Gasteiger partial charge in [0.1, 0.15) is 18.0 Å². The largest absolute Gasteiger partial charge is 0.354 e. The van der Waals surface area contributed by atoms with Crippen molar-refractivity contribution in [3.05, 3.63) is 48.3 Å². The van der Waals surface area contributed by atoms with Crippen molar-refractivity contribution in [2.45, 2.75) is 18.9 Å². The number of aryl methyl sites for hydroxylation is 1. The van der Waals surface area contributed by atoms with Crippen molar-refractivity contribution in [2.24, 2.45) is 7.05 Å². The number of anilines is 1. The van der Waals surface area contributed by atoms with Gasteiger partial charge < -0.3 is 10.2 Å². The molecule has 3 aromatic rings. The minimum Gasteiger partial charge on any atom is -0.354 e. The standard InChI is InChI=1S/C18H19FN6O/c1-24-9-12(8-22-24)18(26)23-14-3-2-6-25(10-14)17-15-5-4-13(19)7-16(15)20-11-21-17/h4-5,7-9,11,14H,2-3,6,10H2,1H3,(H,23,26). The fourth-order valence-electron chi connectivity index (χ4n) is 3.36. The van der Waals surface area contributed by atoms with Gasteiger partial charge in [-0.05, 0) is 25.0 Å². The van der Waals surface area contributed by atoms with E-state index in [1.807, 2.05) is 0 Å². The molecule has 0 radical (unpaired) electrons. The molecule has 1 amide bonds. The molecule has 0 spiro atoms. The Hall–Kier alpha value is -3.03. The number of rotatable bonds is 3. The summed E-state index contributed by atoms with van der Waals surface area (Å²) in [6, 6.07) is 4.55. The van der Waals surface area contributed by atoms with Crippen molar-refractivity contribution in [3.63, 3.8) is 0 Å². The summed E-state index contributed by atoms with van der Waals surface area (Å²) in [5.41, 5.74) is 1.13. The third kappa shape index (κ3) is 3.22. The first-order valence-corrected chi connectivity index (χ1v) is 8.55. The van der Waals surface area contributed by atoms with Gasteiger partial charge in [-0.1, -0.05) is 0 Å². The van der Waals surface area contributed by atoms with E-state index in [1.54, 1.807) is 30.2 Å². The molecule has 1 fully saturated rings. The zero-order chi connectivity index (χ0) is 18.1. The van der Waals surface area contributed by atoms with Gasteiger partial charge >= 0.3 is 0 Å². The van der Waals surface area contributed by atoms with Crippen molar-refractivity contribution in [3.8, 4) is 0 Å². The summed E-state index contributed by atoms with van der Waals surface area (Å²) in [4.78, 5) is 23.0. The van der Waals surface area contributed by atoms with Crippen molar-refractivity contribution in [1.82, 2.24) is 25.1 Å². The number of aromatic nitrogens is 4. The Balaban J connectivity index is 1.53. The van der Waals surface area contributed by atoms with E-state index in [9.17, 15) is 9.18 Å². The predicted octanol–water partition coefficient (Wildman–Crippen LogP) is 1.90. The van der Waals surface area contributed by atoms with Crippen molar-refractivity contribution in [2.75, 3.05) is 18.0 Å². The fraction of sp³-hybridized carbons (Fsp3) is 0.333. The third-order valence-electron chi connectivity index (χ3n) is 4.60. The van der Waals surface area contributed by atoms with Gasteiger partial charge in [-0.3, -0.25) is 9.48 Å². The highest BCUT2D eigenvalue weighted by molar-refractivity contribution is 5.94. The highest BCUT2D eigenvalue weighted by Crippen LogP contribution is 2.26. The van der Waals surface area contributed by atoms with Gasteiger partial charge in [-0.25, -0.2) is 14.4 Å². The molecule has 0 aliphatic carbocycles. The van der Waals surface area contributed by atoms with Crippen molar-refractivity contribution in [1.29, 1.82) is 0 Å². The van der Waals surface area contributed by atoms with Crippen LogP contribution in [-0.4, -0.2) is 44.8 Å². The van der Waals surface area contributed by atoms with Crippen LogP contribution in [0.5, 0.6) is 0 Å². The molecule has 1 aromatic carbocycles. The maximum absolute atomic E-state index is 13.5. The van der Waals surface area contributed by atoms with Gasteiger partial charge in [0.05, 0.1) is 17.3 Å². The minimum absolute atomic E-state index is 0.0157. The zero-order valence-corrected chi connectivity index (χ0v) is 14.4. The number of halogens is 1. The first-order valence-electron chi connectivity index (χ1n) is 8.55. The summed E-state index contributed by atoms with van der Waals surface area (Å²) in [6.07, 6.45) is 6.55. The van der Waals surface area contributed by atoms with Crippen LogP contribution in [0.25, 0.3) is 10.9 Å². The molecule has 1 N–H and O–H groups in total. The summed E-state index contributed by atoms with van der Waals surface area (Å²) in [5, 5.41) is 7.91. The summed E-state index contributed by atoms with van der Waals surface area (Å²) in [5.74, 6) is 0.331. The molecule has 1 aliphatic heterocycles. The Morgan fingerprint density at radius 2 is 2.23 bits per heavy atom. The molecule has 1 unspecified atom stereocenters. The lowest BCUT2D eigenvalue weighted by Crippen LogP contribution is -2.48. The summed E-state index contributed by atoms with van der Waals surface area (Å²) < 4.78 is 15.1. The zero-order valence-electron chi connectivity index (χ0n) is 14.4. The quantitative estimate of drug-likeness (QED) is 0.777. The number of nitrogens with zero attached hydrogens (tertiary/aromatic N) is 5. The number of amides is 1. The van der Waals surface area contributed by atoms with E-state index in [4.69, 9.17) is 0 Å². The van der Waals surface area contributed by atoms with Crippen molar-refractivity contribution >= 4 is 22.6 Å². The van der Waals surface area contributed by atoms with Crippen LogP contribution in [0.1, 0.15) is 23.2 Å². The van der Waals surface area contributed by atoms with Crippen LogP contribution in [0.15, 0.2) is 36.9 Å². The number of hydrogen-bond acceptors (Lipinski definition) is 5. The molecule has 4 rings (SSSR count). The van der Waals surface area contributed by atoms with Crippen LogP contribution < -0.4 is 10.2 Å². The molecule has 26 heavy (non-hydrogen) atoms. The topological polar surface area (TPSA) is 75.9 Å². The van der Waals surface area contributed by atoms with Crippen LogP contribution >= 0.6 is 0 Å². The second-order valence-corrected chi connectivity index (χ2v) is 6.52. The van der Waals surface area contributed by atoms with E-state index < -0.39 is 0 Å². The van der Waals surface area contributed by atoms with Gasteiger partial charge in [0, 0.05) is 43.8 Å². The maximum Gasteiger partial charge on any atom is 0.254 e. The second-order valence-electron chi connectivity index (χ2n) is 6.52. The number of benzene rings is 1. The molecule has 3 heterocycles. The van der Waals surface area contributed by atoms with E-state index in [0.717, 1.165) is 30.6 Å². The van der Waals surface area contributed by atoms with E-state index in [2.05, 4.69) is 25.3 Å². The summed E-state index contributed by atoms with van der Waals surface area (Å²) in [7, 11) is 1.78. The van der Waals surface area contributed by atoms with Crippen LogP contribution in [0.4, 0.5) is 10.2 Å². The number of piperidine rings is 1. The Labute approximate surface area is 149 Å². The predicted molar refractivity (Wildman–Crippen MR) is 95.4 cm³/mol. The Morgan fingerprint density at radius 3 is 3.04 bits per heavy atom. The molecule has 1 aliphatic rings. The number of carbonyl (C=O) groups excluding carboxylic acids is 1. The van der Waals surface area contributed by atoms with E-state index in [0.29, 0.717) is 17.6 Å². The molecule has 0 bridgehead atoms. The van der Waals surface area contributed by atoms with Gasteiger partial charge in [0.2, 0.25) is 0 Å². The lowest BCUT2D eigenvalue weighted by molar-refractivity contribution is 0.0933. The Bertz CT molecular complexity index is 956. The van der Waals surface area contributed by atoms with E-state index in [1.165, 1.54) is 18.5 Å². The monoisotopic (exact) mass is 354 g/mol. The maximum atomic E-state index is 13.5. The van der Waals surface area contributed by atoms with Crippen LogP contribution in [0, 0.1) is 5.82 Å². The first-order chi connectivity index (χ1) is 12.6. The number of carbonyl (C=O) groups is 1. The van der Waals surface area contributed by atoms with Crippen LogP contribution in [-0.2, 0) is 7.05 Å². The SMILES string of the molecule is Cn1cc(C(=O)NC2CCCN(c3ncnc4cc(F)ccc34)C2)cn1. The smallest absolute Gasteiger partial charge is 0.254 e. The number of fused-ring (bicyclic) bond motifs is 1. The summed E-state index contributed by atoms with van der Waals surface area (Å²) >= 11 is 0. The molecule has 1 saturated heterocycles. The van der Waals surface area contributed by atoms with Gasteiger partial charge in [-0.15, -0.1) is 0 Å². The molecule has 134 valence electrons. The van der Waals surface area contributed by atoms with Gasteiger partial charge in [-0.2, -0.15) is 5.10 Å². The average Bonchev–Trinajstić information content (AvgIpc) is 3.08. The van der Waals surface area contributed by atoms with Crippen molar-refractivity contribution < 1.29 is 9.18 Å². The number of nitrogens with one attached hydrogen (secondary N) is 1. The van der Waals surface area contributed by atoms with Gasteiger partial charge in [0.15, 0.2) is 0 Å². The van der Waals surface area contributed by atoms with E-state index in [-0.39, 0.29) is 17.8 Å². The molecule has 8 heteroatoms. The molecule has 2 aromatic heterocycles. The van der Waals surface area contributed by atoms with Crippen LogP contribution in [0.3, 0.4) is 0 Å². The lowest BCUT2D eigenvalue weighted by Gasteiger charge is -2.34. The Kier molecular flexibility index (Phi) is 4.24. The highest BCUT2D eigenvalue weighted by Gasteiger charge is 2.24.